The van der Waals surface area contributed by atoms with Crippen molar-refractivity contribution in [2.75, 3.05) is 26.3 Å². The van der Waals surface area contributed by atoms with Gasteiger partial charge in [0.15, 0.2) is 5.75 Å². The Kier molecular flexibility index (Phi) is 4.46. The number of amides is 1. The van der Waals surface area contributed by atoms with Gasteiger partial charge in [0.25, 0.3) is 0 Å². The highest BCUT2D eigenvalue weighted by atomic mass is 127. The summed E-state index contributed by atoms with van der Waals surface area (Å²) in [5.41, 5.74) is 0.594. The van der Waals surface area contributed by atoms with Crippen LogP contribution < -0.4 is 4.74 Å². The zero-order chi connectivity index (χ0) is 14.8. The smallest absolute Gasteiger partial charge is 0.407 e. The molecular formula is C14H12ClIN2O3. The molecule has 0 saturated carbocycles. The van der Waals surface area contributed by atoms with Crippen molar-refractivity contribution < 1.29 is 14.3 Å². The van der Waals surface area contributed by atoms with E-state index in [0.717, 1.165) is 8.96 Å². The molecule has 0 atom stereocenters. The molecule has 1 aromatic heterocycles. The SMILES string of the molecule is O=C(Oc1c(I)cc(Cl)c2cccnc12)N1CCOCC1. The second kappa shape index (κ2) is 6.33. The Bertz CT molecular complexity index is 689. The van der Waals surface area contributed by atoms with Crippen molar-refractivity contribution in [3.8, 4) is 5.75 Å². The second-order valence-electron chi connectivity index (χ2n) is 4.54. The van der Waals surface area contributed by atoms with Crippen molar-refractivity contribution in [3.05, 3.63) is 33.0 Å². The maximum absolute atomic E-state index is 12.2. The standard InChI is InChI=1S/C14H12ClIN2O3/c15-10-8-11(16)13(12-9(10)2-1-3-17-12)21-14(19)18-4-6-20-7-5-18/h1-3,8H,4-7H2. The van der Waals surface area contributed by atoms with Gasteiger partial charge in [-0.2, -0.15) is 0 Å². The monoisotopic (exact) mass is 418 g/mol. The third-order valence-corrected chi connectivity index (χ3v) is 4.32. The van der Waals surface area contributed by atoms with Crippen LogP contribution in [0.1, 0.15) is 0 Å². The number of halogens is 2. The van der Waals surface area contributed by atoms with E-state index in [4.69, 9.17) is 21.1 Å². The lowest BCUT2D eigenvalue weighted by molar-refractivity contribution is 0.0416. The van der Waals surface area contributed by atoms with Crippen LogP contribution in [-0.4, -0.2) is 42.3 Å². The summed E-state index contributed by atoms with van der Waals surface area (Å²) in [5, 5.41) is 1.36. The zero-order valence-corrected chi connectivity index (χ0v) is 13.9. The van der Waals surface area contributed by atoms with Gasteiger partial charge in [-0.3, -0.25) is 4.98 Å². The molecule has 0 bridgehead atoms. The van der Waals surface area contributed by atoms with E-state index in [2.05, 4.69) is 27.6 Å². The first-order valence-electron chi connectivity index (χ1n) is 6.44. The van der Waals surface area contributed by atoms with Gasteiger partial charge < -0.3 is 14.4 Å². The molecule has 2 aromatic rings. The maximum Gasteiger partial charge on any atom is 0.415 e. The average Bonchev–Trinajstić information content (AvgIpc) is 2.52. The predicted octanol–water partition coefficient (Wildman–Crippen LogP) is 3.32. The van der Waals surface area contributed by atoms with Gasteiger partial charge >= 0.3 is 6.09 Å². The number of nitrogens with zero attached hydrogens (tertiary/aromatic N) is 2. The number of fused-ring (bicyclic) bond motifs is 1. The minimum atomic E-state index is -0.384. The summed E-state index contributed by atoms with van der Waals surface area (Å²) in [6.07, 6.45) is 1.27. The first-order valence-corrected chi connectivity index (χ1v) is 7.89. The summed E-state index contributed by atoms with van der Waals surface area (Å²) < 4.78 is 11.5. The molecule has 110 valence electrons. The summed E-state index contributed by atoms with van der Waals surface area (Å²) >= 11 is 8.30. The minimum absolute atomic E-state index is 0.384. The van der Waals surface area contributed by atoms with Gasteiger partial charge in [0.05, 0.1) is 21.8 Å². The van der Waals surface area contributed by atoms with Crippen LogP contribution in [0.5, 0.6) is 5.75 Å². The van der Waals surface area contributed by atoms with Crippen LogP contribution in [0.3, 0.4) is 0 Å². The molecule has 1 aromatic carbocycles. The molecular weight excluding hydrogens is 407 g/mol. The van der Waals surface area contributed by atoms with E-state index < -0.39 is 0 Å². The van der Waals surface area contributed by atoms with E-state index in [9.17, 15) is 4.79 Å². The van der Waals surface area contributed by atoms with Crippen molar-refractivity contribution >= 4 is 51.2 Å². The Morgan fingerprint density at radius 2 is 2.19 bits per heavy atom. The average molecular weight is 419 g/mol. The van der Waals surface area contributed by atoms with Gasteiger partial charge in [0.2, 0.25) is 0 Å². The lowest BCUT2D eigenvalue weighted by atomic mass is 10.2. The summed E-state index contributed by atoms with van der Waals surface area (Å²) in [6.45, 7) is 2.14. The Morgan fingerprint density at radius 3 is 2.95 bits per heavy atom. The predicted molar refractivity (Wildman–Crippen MR) is 87.9 cm³/mol. The molecule has 0 unspecified atom stereocenters. The molecule has 7 heteroatoms. The van der Waals surface area contributed by atoms with Crippen LogP contribution in [0.2, 0.25) is 5.02 Å². The number of carbonyl (C=O) groups is 1. The van der Waals surface area contributed by atoms with Gasteiger partial charge in [-0.1, -0.05) is 11.6 Å². The minimum Gasteiger partial charge on any atom is -0.407 e. The van der Waals surface area contributed by atoms with E-state index >= 15 is 0 Å². The molecule has 1 saturated heterocycles. The molecule has 1 amide bonds. The number of ether oxygens (including phenoxy) is 2. The Morgan fingerprint density at radius 1 is 1.43 bits per heavy atom. The largest absolute Gasteiger partial charge is 0.415 e. The highest BCUT2D eigenvalue weighted by Crippen LogP contribution is 2.34. The fourth-order valence-corrected chi connectivity index (χ4v) is 3.26. The van der Waals surface area contributed by atoms with Crippen molar-refractivity contribution in [2.24, 2.45) is 0 Å². The first kappa shape index (κ1) is 14.8. The molecule has 0 aliphatic carbocycles. The maximum atomic E-state index is 12.2. The number of aromatic nitrogens is 1. The lowest BCUT2D eigenvalue weighted by Crippen LogP contribution is -2.42. The lowest BCUT2D eigenvalue weighted by Gasteiger charge is -2.26. The third kappa shape index (κ3) is 3.07. The van der Waals surface area contributed by atoms with Crippen LogP contribution in [0, 0.1) is 3.57 Å². The van der Waals surface area contributed by atoms with Crippen LogP contribution in [0.4, 0.5) is 4.79 Å². The summed E-state index contributed by atoms with van der Waals surface area (Å²) in [5.74, 6) is 0.451. The summed E-state index contributed by atoms with van der Waals surface area (Å²) in [6, 6.07) is 5.43. The Balaban J connectivity index is 1.94. The summed E-state index contributed by atoms with van der Waals surface area (Å²) in [4.78, 5) is 18.2. The van der Waals surface area contributed by atoms with Crippen molar-refractivity contribution in [3.63, 3.8) is 0 Å². The van der Waals surface area contributed by atoms with Gasteiger partial charge in [-0.05, 0) is 40.8 Å². The van der Waals surface area contributed by atoms with Gasteiger partial charge in [-0.25, -0.2) is 4.79 Å². The third-order valence-electron chi connectivity index (χ3n) is 3.21. The Hall–Kier alpha value is -1.12. The normalized spacial score (nSPS) is 15.2. The molecule has 0 radical (unpaired) electrons. The summed E-state index contributed by atoms with van der Waals surface area (Å²) in [7, 11) is 0. The van der Waals surface area contributed by atoms with Gasteiger partial charge in [-0.15, -0.1) is 0 Å². The van der Waals surface area contributed by atoms with E-state index in [1.54, 1.807) is 23.2 Å². The van der Waals surface area contributed by atoms with Crippen LogP contribution >= 0.6 is 34.2 Å². The number of morpholine rings is 1. The molecule has 3 rings (SSSR count). The van der Waals surface area contributed by atoms with E-state index in [1.165, 1.54) is 0 Å². The molecule has 1 aliphatic heterocycles. The first-order chi connectivity index (χ1) is 10.2. The van der Waals surface area contributed by atoms with Crippen molar-refractivity contribution in [1.82, 2.24) is 9.88 Å². The zero-order valence-electron chi connectivity index (χ0n) is 11.0. The molecule has 5 nitrogen and oxygen atoms in total. The van der Waals surface area contributed by atoms with Crippen molar-refractivity contribution in [2.45, 2.75) is 0 Å². The number of benzene rings is 1. The Labute approximate surface area is 140 Å². The number of hydrogen-bond donors (Lipinski definition) is 0. The number of rotatable bonds is 1. The van der Waals surface area contributed by atoms with Crippen LogP contribution in [-0.2, 0) is 4.74 Å². The number of hydrogen-bond acceptors (Lipinski definition) is 4. The van der Waals surface area contributed by atoms with Crippen molar-refractivity contribution in [1.29, 1.82) is 0 Å². The molecule has 2 heterocycles. The van der Waals surface area contributed by atoms with Gasteiger partial charge in [0.1, 0.15) is 5.52 Å². The fraction of sp³-hybridized carbons (Fsp3) is 0.286. The van der Waals surface area contributed by atoms with Gasteiger partial charge in [0, 0.05) is 24.7 Å². The molecule has 1 fully saturated rings. The number of pyridine rings is 1. The number of carbonyl (C=O) groups excluding carboxylic acids is 1. The second-order valence-corrected chi connectivity index (χ2v) is 6.11. The quantitative estimate of drug-likeness (QED) is 0.667. The van der Waals surface area contributed by atoms with Crippen LogP contribution in [0.15, 0.2) is 24.4 Å². The highest BCUT2D eigenvalue weighted by Gasteiger charge is 2.22. The molecule has 1 aliphatic rings. The van der Waals surface area contributed by atoms with E-state index in [1.807, 2.05) is 6.07 Å². The molecule has 21 heavy (non-hydrogen) atoms. The fourth-order valence-electron chi connectivity index (χ4n) is 2.14. The molecule has 0 spiro atoms. The topological polar surface area (TPSA) is 51.7 Å². The molecule has 0 N–H and O–H groups in total. The van der Waals surface area contributed by atoms with E-state index in [-0.39, 0.29) is 6.09 Å². The highest BCUT2D eigenvalue weighted by molar-refractivity contribution is 14.1. The van der Waals surface area contributed by atoms with E-state index in [0.29, 0.717) is 42.6 Å². The van der Waals surface area contributed by atoms with Crippen LogP contribution in [0.25, 0.3) is 10.9 Å².